The van der Waals surface area contributed by atoms with Crippen LogP contribution in [0.5, 0.6) is 0 Å². The van der Waals surface area contributed by atoms with Crippen LogP contribution in [0.3, 0.4) is 0 Å². The second-order valence-electron chi connectivity index (χ2n) is 5.81. The minimum atomic E-state index is 0.722. The van der Waals surface area contributed by atoms with Gasteiger partial charge in [0.2, 0.25) is 0 Å². The number of benzene rings is 3. The molecule has 4 rings (SSSR count). The monoisotopic (exact) mass is 246 g/mol. The summed E-state index contributed by atoms with van der Waals surface area (Å²) in [6.07, 6.45) is 3.92. The molecular formula is C19H18. The van der Waals surface area contributed by atoms with Gasteiger partial charge in [-0.15, -0.1) is 0 Å². The molecule has 0 amide bonds. The lowest BCUT2D eigenvalue weighted by atomic mass is 9.81. The van der Waals surface area contributed by atoms with Gasteiger partial charge >= 0.3 is 0 Å². The Morgan fingerprint density at radius 2 is 1.68 bits per heavy atom. The van der Waals surface area contributed by atoms with E-state index in [1.54, 1.807) is 11.1 Å². The van der Waals surface area contributed by atoms with Crippen LogP contribution < -0.4 is 0 Å². The smallest absolute Gasteiger partial charge is 0.0102 e. The largest absolute Gasteiger partial charge is 0.0616 e. The number of hydrogen-bond donors (Lipinski definition) is 0. The summed E-state index contributed by atoms with van der Waals surface area (Å²) in [5.41, 5.74) is 3.18. The van der Waals surface area contributed by atoms with Crippen LogP contribution in [-0.4, -0.2) is 0 Å². The molecule has 3 aromatic carbocycles. The van der Waals surface area contributed by atoms with E-state index in [0.717, 1.165) is 5.92 Å². The van der Waals surface area contributed by atoms with Crippen LogP contribution in [0.25, 0.3) is 21.5 Å². The van der Waals surface area contributed by atoms with E-state index in [2.05, 4.69) is 55.5 Å². The first kappa shape index (κ1) is 11.0. The molecule has 1 unspecified atom stereocenters. The Morgan fingerprint density at radius 3 is 2.63 bits per heavy atom. The van der Waals surface area contributed by atoms with E-state index >= 15 is 0 Å². The van der Waals surface area contributed by atoms with Gasteiger partial charge in [0.1, 0.15) is 0 Å². The maximum absolute atomic E-state index is 2.37. The first-order valence-corrected chi connectivity index (χ1v) is 7.28. The summed E-state index contributed by atoms with van der Waals surface area (Å²) in [5.74, 6) is 0.722. The van der Waals surface area contributed by atoms with E-state index in [0.29, 0.717) is 0 Å². The molecule has 0 spiro atoms. The molecule has 0 aliphatic heterocycles. The van der Waals surface area contributed by atoms with Crippen molar-refractivity contribution in [2.75, 3.05) is 0 Å². The molecule has 0 saturated carbocycles. The minimum absolute atomic E-state index is 0.722. The fourth-order valence-corrected chi connectivity index (χ4v) is 3.65. The van der Waals surface area contributed by atoms with Crippen molar-refractivity contribution in [1.82, 2.24) is 0 Å². The van der Waals surface area contributed by atoms with Gasteiger partial charge in [0, 0.05) is 0 Å². The van der Waals surface area contributed by atoms with Crippen molar-refractivity contribution in [3.8, 4) is 0 Å². The van der Waals surface area contributed by atoms with E-state index in [1.807, 2.05) is 0 Å². The van der Waals surface area contributed by atoms with Crippen LogP contribution in [0, 0.1) is 0 Å². The van der Waals surface area contributed by atoms with Gasteiger partial charge in [0.25, 0.3) is 0 Å². The van der Waals surface area contributed by atoms with E-state index in [9.17, 15) is 0 Å². The quantitative estimate of drug-likeness (QED) is 0.464. The van der Waals surface area contributed by atoms with Crippen LogP contribution in [0.1, 0.15) is 36.8 Å². The Bertz CT molecular complexity index is 767. The summed E-state index contributed by atoms with van der Waals surface area (Å²) >= 11 is 0. The molecule has 0 bridgehead atoms. The normalized spacial score (nSPS) is 18.7. The van der Waals surface area contributed by atoms with E-state index < -0.39 is 0 Å². The van der Waals surface area contributed by atoms with Crippen LogP contribution in [0.15, 0.2) is 48.5 Å². The SMILES string of the molecule is CC1CCCc2c1ccc1c2ccc2ccccc21. The third-order valence-electron chi connectivity index (χ3n) is 4.67. The third kappa shape index (κ3) is 1.59. The topological polar surface area (TPSA) is 0 Å². The van der Waals surface area contributed by atoms with Crippen LogP contribution in [0.4, 0.5) is 0 Å². The van der Waals surface area contributed by atoms with E-state index in [-0.39, 0.29) is 0 Å². The molecule has 1 atom stereocenters. The summed E-state index contributed by atoms with van der Waals surface area (Å²) < 4.78 is 0. The molecule has 0 radical (unpaired) electrons. The van der Waals surface area contributed by atoms with Crippen molar-refractivity contribution in [3.05, 3.63) is 59.7 Å². The van der Waals surface area contributed by atoms with Crippen LogP contribution in [0.2, 0.25) is 0 Å². The lowest BCUT2D eigenvalue weighted by Crippen LogP contribution is -2.07. The highest BCUT2D eigenvalue weighted by molar-refractivity contribution is 6.08. The van der Waals surface area contributed by atoms with Gasteiger partial charge in [0.15, 0.2) is 0 Å². The van der Waals surface area contributed by atoms with Gasteiger partial charge in [-0.1, -0.05) is 55.5 Å². The Morgan fingerprint density at radius 1 is 0.842 bits per heavy atom. The summed E-state index contributed by atoms with van der Waals surface area (Å²) in [4.78, 5) is 0. The predicted octanol–water partition coefficient (Wildman–Crippen LogP) is 5.43. The molecule has 19 heavy (non-hydrogen) atoms. The van der Waals surface area contributed by atoms with Crippen LogP contribution >= 0.6 is 0 Å². The minimum Gasteiger partial charge on any atom is -0.0616 e. The molecular weight excluding hydrogens is 228 g/mol. The number of aryl methyl sites for hydroxylation is 1. The summed E-state index contributed by atoms with van der Waals surface area (Å²) in [5, 5.41) is 5.63. The van der Waals surface area contributed by atoms with Crippen molar-refractivity contribution in [2.45, 2.75) is 32.1 Å². The number of hydrogen-bond acceptors (Lipinski definition) is 0. The zero-order valence-electron chi connectivity index (χ0n) is 11.3. The lowest BCUT2D eigenvalue weighted by molar-refractivity contribution is 0.593. The van der Waals surface area contributed by atoms with Crippen molar-refractivity contribution < 1.29 is 0 Å². The Hall–Kier alpha value is -1.82. The van der Waals surface area contributed by atoms with E-state index in [4.69, 9.17) is 0 Å². The molecule has 0 heteroatoms. The second kappa shape index (κ2) is 4.09. The van der Waals surface area contributed by atoms with Gasteiger partial charge in [-0.05, 0) is 57.9 Å². The fourth-order valence-electron chi connectivity index (χ4n) is 3.65. The molecule has 1 aliphatic carbocycles. The van der Waals surface area contributed by atoms with E-state index in [1.165, 1.54) is 40.8 Å². The average Bonchev–Trinajstić information content (AvgIpc) is 2.47. The van der Waals surface area contributed by atoms with Gasteiger partial charge in [-0.3, -0.25) is 0 Å². The Kier molecular flexibility index (Phi) is 2.38. The zero-order chi connectivity index (χ0) is 12.8. The zero-order valence-corrected chi connectivity index (χ0v) is 11.3. The molecule has 0 N–H and O–H groups in total. The second-order valence-corrected chi connectivity index (χ2v) is 5.81. The molecule has 0 saturated heterocycles. The molecule has 0 fully saturated rings. The van der Waals surface area contributed by atoms with Crippen molar-refractivity contribution in [1.29, 1.82) is 0 Å². The highest BCUT2D eigenvalue weighted by atomic mass is 14.2. The number of rotatable bonds is 0. The first-order chi connectivity index (χ1) is 9.34. The maximum Gasteiger partial charge on any atom is -0.0102 e. The standard InChI is InChI=1S/C19H18/c1-13-5-4-8-17-15(13)11-12-18-16-7-3-2-6-14(16)9-10-19(17)18/h2-3,6-7,9-13H,4-5,8H2,1H3. The van der Waals surface area contributed by atoms with Gasteiger partial charge in [-0.25, -0.2) is 0 Å². The average molecular weight is 246 g/mol. The molecule has 0 heterocycles. The molecule has 0 aromatic heterocycles. The first-order valence-electron chi connectivity index (χ1n) is 7.28. The van der Waals surface area contributed by atoms with Crippen LogP contribution in [-0.2, 0) is 6.42 Å². The lowest BCUT2D eigenvalue weighted by Gasteiger charge is -2.24. The summed E-state index contributed by atoms with van der Waals surface area (Å²) in [7, 11) is 0. The third-order valence-corrected chi connectivity index (χ3v) is 4.67. The van der Waals surface area contributed by atoms with Crippen molar-refractivity contribution in [2.24, 2.45) is 0 Å². The van der Waals surface area contributed by atoms with Crippen molar-refractivity contribution >= 4 is 21.5 Å². The molecule has 1 aliphatic rings. The Balaban J connectivity index is 2.13. The Labute approximate surface area is 114 Å². The summed E-state index contributed by atoms with van der Waals surface area (Å²) in [6, 6.07) is 18.0. The van der Waals surface area contributed by atoms with Gasteiger partial charge in [-0.2, -0.15) is 0 Å². The van der Waals surface area contributed by atoms with Gasteiger partial charge in [0.05, 0.1) is 0 Å². The molecule has 3 aromatic rings. The predicted molar refractivity (Wildman–Crippen MR) is 82.8 cm³/mol. The molecule has 94 valence electrons. The summed E-state index contributed by atoms with van der Waals surface area (Å²) in [6.45, 7) is 2.37. The highest BCUT2D eigenvalue weighted by Crippen LogP contribution is 2.37. The molecule has 0 nitrogen and oxygen atoms in total. The van der Waals surface area contributed by atoms with Crippen molar-refractivity contribution in [3.63, 3.8) is 0 Å². The highest BCUT2D eigenvalue weighted by Gasteiger charge is 2.18. The van der Waals surface area contributed by atoms with Gasteiger partial charge < -0.3 is 0 Å². The fraction of sp³-hybridized carbons (Fsp3) is 0.263. The maximum atomic E-state index is 2.37. The number of fused-ring (bicyclic) bond motifs is 5.